The number of amides is 1. The molecule has 76 valence electrons. The maximum atomic E-state index is 10.8. The van der Waals surface area contributed by atoms with E-state index in [0.29, 0.717) is 5.02 Å². The van der Waals surface area contributed by atoms with Gasteiger partial charge in [-0.3, -0.25) is 4.79 Å². The molecule has 15 heavy (non-hydrogen) atoms. The molecular weight excluding hydrogens is 214 g/mol. The van der Waals surface area contributed by atoms with Gasteiger partial charge in [0.05, 0.1) is 12.3 Å². The molecule has 5 heteroatoms. The summed E-state index contributed by atoms with van der Waals surface area (Å²) in [6.45, 7) is 0. The molecule has 0 atom stereocenters. The fraction of sp³-hybridized carbons (Fsp3) is 0.100. The van der Waals surface area contributed by atoms with E-state index in [9.17, 15) is 4.79 Å². The molecule has 0 aromatic heterocycles. The van der Waals surface area contributed by atoms with Gasteiger partial charge in [-0.05, 0) is 17.7 Å². The third kappa shape index (κ3) is 4.25. The standard InChI is InChI=1S/C10H8ClN3O/c11-9-3-1-2-8(6-9)7-13-14-10(15)4-5-12/h1-3,6-7H,4H2,(H,14,15)/b13-7+. The molecule has 0 aliphatic carbocycles. The third-order valence-corrected chi connectivity index (χ3v) is 1.73. The van der Waals surface area contributed by atoms with Crippen molar-refractivity contribution in [3.8, 4) is 6.07 Å². The van der Waals surface area contributed by atoms with Crippen molar-refractivity contribution in [2.45, 2.75) is 6.42 Å². The molecule has 0 fully saturated rings. The van der Waals surface area contributed by atoms with Gasteiger partial charge in [0.2, 0.25) is 0 Å². The van der Waals surface area contributed by atoms with Crippen LogP contribution in [-0.4, -0.2) is 12.1 Å². The first-order chi connectivity index (χ1) is 7.22. The van der Waals surface area contributed by atoms with Crippen LogP contribution in [0.3, 0.4) is 0 Å². The summed E-state index contributed by atoms with van der Waals surface area (Å²) in [4.78, 5) is 10.8. The molecule has 0 saturated heterocycles. The van der Waals surface area contributed by atoms with Crippen molar-refractivity contribution in [2.75, 3.05) is 0 Å². The summed E-state index contributed by atoms with van der Waals surface area (Å²) in [7, 11) is 0. The SMILES string of the molecule is N#CCC(=O)N/N=C/c1cccc(Cl)c1. The van der Waals surface area contributed by atoms with Gasteiger partial charge < -0.3 is 0 Å². The van der Waals surface area contributed by atoms with Crippen LogP contribution in [0.2, 0.25) is 5.02 Å². The van der Waals surface area contributed by atoms with Gasteiger partial charge in [0, 0.05) is 5.02 Å². The fourth-order valence-corrected chi connectivity index (χ4v) is 1.08. The van der Waals surface area contributed by atoms with Crippen molar-refractivity contribution in [1.82, 2.24) is 5.43 Å². The van der Waals surface area contributed by atoms with E-state index < -0.39 is 5.91 Å². The molecule has 0 radical (unpaired) electrons. The first kappa shape index (κ1) is 11.2. The lowest BCUT2D eigenvalue weighted by atomic mass is 10.2. The maximum Gasteiger partial charge on any atom is 0.254 e. The second-order valence-electron chi connectivity index (χ2n) is 2.68. The van der Waals surface area contributed by atoms with Crippen molar-refractivity contribution in [1.29, 1.82) is 5.26 Å². The van der Waals surface area contributed by atoms with Gasteiger partial charge in [-0.2, -0.15) is 10.4 Å². The highest BCUT2D eigenvalue weighted by atomic mass is 35.5. The van der Waals surface area contributed by atoms with Crippen LogP contribution in [0.25, 0.3) is 0 Å². The lowest BCUT2D eigenvalue weighted by Gasteiger charge is -1.94. The van der Waals surface area contributed by atoms with Crippen molar-refractivity contribution in [2.24, 2.45) is 5.10 Å². The van der Waals surface area contributed by atoms with E-state index in [1.165, 1.54) is 6.21 Å². The molecule has 0 saturated carbocycles. The summed E-state index contributed by atoms with van der Waals surface area (Å²) in [6.07, 6.45) is 1.26. The minimum Gasteiger partial charge on any atom is -0.272 e. The zero-order valence-electron chi connectivity index (χ0n) is 7.77. The number of nitriles is 1. The van der Waals surface area contributed by atoms with Crippen LogP contribution in [0.4, 0.5) is 0 Å². The van der Waals surface area contributed by atoms with Crippen LogP contribution in [0, 0.1) is 11.3 Å². The molecule has 1 aromatic carbocycles. The predicted octanol–water partition coefficient (Wildman–Crippen LogP) is 1.70. The highest BCUT2D eigenvalue weighted by Crippen LogP contribution is 2.08. The number of nitrogens with zero attached hydrogens (tertiary/aromatic N) is 2. The van der Waals surface area contributed by atoms with E-state index in [1.54, 1.807) is 30.3 Å². The average molecular weight is 222 g/mol. The van der Waals surface area contributed by atoms with Gasteiger partial charge in [0.1, 0.15) is 6.42 Å². The minimum atomic E-state index is -0.434. The molecule has 0 unspecified atom stereocenters. The number of nitrogens with one attached hydrogen (secondary N) is 1. The first-order valence-corrected chi connectivity index (χ1v) is 4.54. The second kappa shape index (κ2) is 5.78. The topological polar surface area (TPSA) is 65.2 Å². The number of rotatable bonds is 3. The number of hydrogen-bond donors (Lipinski definition) is 1. The molecule has 1 rings (SSSR count). The Labute approximate surface area is 92.2 Å². The van der Waals surface area contributed by atoms with E-state index in [1.807, 2.05) is 0 Å². The van der Waals surface area contributed by atoms with Crippen molar-refractivity contribution < 1.29 is 4.79 Å². The van der Waals surface area contributed by atoms with Crippen LogP contribution in [0.5, 0.6) is 0 Å². The molecule has 0 bridgehead atoms. The first-order valence-electron chi connectivity index (χ1n) is 4.17. The van der Waals surface area contributed by atoms with E-state index in [2.05, 4.69) is 10.5 Å². The lowest BCUT2D eigenvalue weighted by molar-refractivity contribution is -0.120. The fourth-order valence-electron chi connectivity index (χ4n) is 0.877. The normalized spacial score (nSPS) is 9.87. The van der Waals surface area contributed by atoms with Crippen LogP contribution in [0.15, 0.2) is 29.4 Å². The Bertz CT molecular complexity index is 423. The summed E-state index contributed by atoms with van der Waals surface area (Å²) < 4.78 is 0. The Balaban J connectivity index is 2.52. The molecule has 4 nitrogen and oxygen atoms in total. The molecule has 1 aromatic rings. The number of halogens is 1. The van der Waals surface area contributed by atoms with Crippen LogP contribution in [-0.2, 0) is 4.79 Å². The van der Waals surface area contributed by atoms with Gasteiger partial charge in [-0.1, -0.05) is 23.7 Å². The maximum absolute atomic E-state index is 10.8. The third-order valence-electron chi connectivity index (χ3n) is 1.49. The van der Waals surface area contributed by atoms with Crippen molar-refractivity contribution in [3.63, 3.8) is 0 Å². The number of carbonyl (C=O) groups excluding carboxylic acids is 1. The van der Waals surface area contributed by atoms with E-state index in [4.69, 9.17) is 16.9 Å². The summed E-state index contributed by atoms with van der Waals surface area (Å²) in [5.74, 6) is -0.434. The Morgan fingerprint density at radius 2 is 2.47 bits per heavy atom. The molecule has 0 spiro atoms. The van der Waals surface area contributed by atoms with Crippen LogP contribution >= 0.6 is 11.6 Å². The summed E-state index contributed by atoms with van der Waals surface area (Å²) in [5.41, 5.74) is 2.99. The zero-order chi connectivity index (χ0) is 11.1. The van der Waals surface area contributed by atoms with Gasteiger partial charge >= 0.3 is 0 Å². The van der Waals surface area contributed by atoms with E-state index >= 15 is 0 Å². The van der Waals surface area contributed by atoms with E-state index in [0.717, 1.165) is 5.56 Å². The summed E-state index contributed by atoms with van der Waals surface area (Å²) >= 11 is 5.74. The number of benzene rings is 1. The Kier molecular flexibility index (Phi) is 4.32. The second-order valence-corrected chi connectivity index (χ2v) is 3.12. The number of carbonyl (C=O) groups is 1. The summed E-state index contributed by atoms with van der Waals surface area (Å²) in [5, 5.41) is 12.5. The van der Waals surface area contributed by atoms with Gasteiger partial charge in [0.25, 0.3) is 5.91 Å². The Morgan fingerprint density at radius 1 is 1.67 bits per heavy atom. The van der Waals surface area contributed by atoms with Crippen molar-refractivity contribution >= 4 is 23.7 Å². The average Bonchev–Trinajstić information content (AvgIpc) is 2.18. The molecule has 1 amide bonds. The summed E-state index contributed by atoms with van der Waals surface area (Å²) in [6, 6.07) is 8.75. The lowest BCUT2D eigenvalue weighted by Crippen LogP contribution is -2.16. The smallest absolute Gasteiger partial charge is 0.254 e. The van der Waals surface area contributed by atoms with Crippen LogP contribution in [0.1, 0.15) is 12.0 Å². The predicted molar refractivity (Wildman–Crippen MR) is 57.4 cm³/mol. The van der Waals surface area contributed by atoms with Gasteiger partial charge in [-0.15, -0.1) is 0 Å². The molecule has 0 heterocycles. The monoisotopic (exact) mass is 221 g/mol. The van der Waals surface area contributed by atoms with Gasteiger partial charge in [0.15, 0.2) is 0 Å². The molecule has 0 aliphatic rings. The highest BCUT2D eigenvalue weighted by Gasteiger charge is 1.95. The Morgan fingerprint density at radius 3 is 3.13 bits per heavy atom. The quantitative estimate of drug-likeness (QED) is 0.624. The minimum absolute atomic E-state index is 0.202. The van der Waals surface area contributed by atoms with Crippen LogP contribution < -0.4 is 5.43 Å². The van der Waals surface area contributed by atoms with E-state index in [-0.39, 0.29) is 6.42 Å². The molecular formula is C10H8ClN3O. The largest absolute Gasteiger partial charge is 0.272 e. The number of hydrogen-bond acceptors (Lipinski definition) is 3. The van der Waals surface area contributed by atoms with Crippen molar-refractivity contribution in [3.05, 3.63) is 34.9 Å². The zero-order valence-corrected chi connectivity index (χ0v) is 8.53. The Hall–Kier alpha value is -1.86. The molecule has 0 aliphatic heterocycles. The highest BCUT2D eigenvalue weighted by molar-refractivity contribution is 6.30. The van der Waals surface area contributed by atoms with Gasteiger partial charge in [-0.25, -0.2) is 5.43 Å². The number of hydrazone groups is 1. The molecule has 1 N–H and O–H groups in total.